The topological polar surface area (TPSA) is 129 Å². The second-order valence-corrected chi connectivity index (χ2v) is 11.6. The SMILES string of the molecule is COC(=O)[C@@H](CC(=O)C1(Cc2ccc(OC)cc2)CCCN1C(=O)[C@@H]1CCCN1C(=O)OCc1ccccc1)[C@@H](C)OC(C)=O. The van der Waals surface area contributed by atoms with Gasteiger partial charge in [0.1, 0.15) is 36.0 Å². The van der Waals surface area contributed by atoms with Crippen molar-refractivity contribution in [3.63, 3.8) is 0 Å². The lowest BCUT2D eigenvalue weighted by molar-refractivity contribution is -0.161. The smallest absolute Gasteiger partial charge is 0.410 e. The van der Waals surface area contributed by atoms with Gasteiger partial charge in [-0.3, -0.25) is 24.1 Å². The Morgan fingerprint density at radius 2 is 1.64 bits per heavy atom. The summed E-state index contributed by atoms with van der Waals surface area (Å²) >= 11 is 0. The van der Waals surface area contributed by atoms with E-state index in [4.69, 9.17) is 18.9 Å². The third-order valence-corrected chi connectivity index (χ3v) is 8.73. The molecule has 2 amide bonds. The van der Waals surface area contributed by atoms with Crippen LogP contribution in [0.15, 0.2) is 54.6 Å². The molecule has 0 aromatic heterocycles. The van der Waals surface area contributed by atoms with Gasteiger partial charge in [-0.1, -0.05) is 42.5 Å². The second-order valence-electron chi connectivity index (χ2n) is 11.6. The molecule has 2 aromatic rings. The van der Waals surface area contributed by atoms with Crippen LogP contribution in [-0.4, -0.2) is 84.5 Å². The fourth-order valence-corrected chi connectivity index (χ4v) is 6.40. The molecule has 0 N–H and O–H groups in total. The highest BCUT2D eigenvalue weighted by atomic mass is 16.6. The molecule has 0 bridgehead atoms. The first kappa shape index (κ1) is 33.5. The van der Waals surface area contributed by atoms with Crippen molar-refractivity contribution in [3.05, 3.63) is 65.7 Å². The molecule has 2 aliphatic rings. The van der Waals surface area contributed by atoms with E-state index < -0.39 is 41.6 Å². The van der Waals surface area contributed by atoms with Crippen molar-refractivity contribution in [2.75, 3.05) is 27.3 Å². The van der Waals surface area contributed by atoms with Gasteiger partial charge in [0.25, 0.3) is 0 Å². The number of amides is 2. The summed E-state index contributed by atoms with van der Waals surface area (Å²) in [7, 11) is 2.78. The van der Waals surface area contributed by atoms with E-state index in [1.165, 1.54) is 18.9 Å². The lowest BCUT2D eigenvalue weighted by atomic mass is 9.79. The van der Waals surface area contributed by atoms with E-state index in [0.29, 0.717) is 44.5 Å². The number of benzene rings is 2. The number of likely N-dealkylation sites (tertiary alicyclic amines) is 2. The Hall–Kier alpha value is -4.41. The second kappa shape index (κ2) is 15.0. The first-order valence-corrected chi connectivity index (χ1v) is 15.3. The molecule has 0 aliphatic carbocycles. The van der Waals surface area contributed by atoms with Gasteiger partial charge < -0.3 is 23.8 Å². The van der Waals surface area contributed by atoms with Gasteiger partial charge in [-0.2, -0.15) is 0 Å². The fourth-order valence-electron chi connectivity index (χ4n) is 6.40. The van der Waals surface area contributed by atoms with Gasteiger partial charge in [-0.25, -0.2) is 4.79 Å². The molecule has 242 valence electrons. The first-order chi connectivity index (χ1) is 21.6. The molecule has 11 heteroatoms. The van der Waals surface area contributed by atoms with Gasteiger partial charge >= 0.3 is 18.0 Å². The molecule has 2 heterocycles. The molecule has 11 nitrogen and oxygen atoms in total. The summed E-state index contributed by atoms with van der Waals surface area (Å²) in [5.74, 6) is -2.35. The maximum absolute atomic E-state index is 14.4. The standard InChI is InChI=1S/C34H42N2O9/c1-23(45-24(2)37)28(32(40)43-4)20-30(38)34(21-25-13-15-27(42-3)16-14-25)17-9-19-36(34)31(39)29-12-8-18-35(29)33(41)44-22-26-10-6-5-7-11-26/h5-7,10-11,13-16,23,28-29H,8-9,12,17-22H2,1-4H3/t23-,28+,29+,34?/m1/s1. The lowest BCUT2D eigenvalue weighted by Gasteiger charge is -2.40. The molecule has 2 aliphatic heterocycles. The average Bonchev–Trinajstić information content (AvgIpc) is 3.71. The van der Waals surface area contributed by atoms with Crippen LogP contribution in [0, 0.1) is 5.92 Å². The quantitative estimate of drug-likeness (QED) is 0.254. The van der Waals surface area contributed by atoms with Crippen LogP contribution in [0.3, 0.4) is 0 Å². The highest BCUT2D eigenvalue weighted by molar-refractivity contribution is 5.97. The molecule has 2 fully saturated rings. The number of carbonyl (C=O) groups excluding carboxylic acids is 5. The lowest BCUT2D eigenvalue weighted by Crippen LogP contribution is -2.59. The third-order valence-electron chi connectivity index (χ3n) is 8.73. The summed E-state index contributed by atoms with van der Waals surface area (Å²) in [5, 5.41) is 0. The minimum atomic E-state index is -1.30. The highest BCUT2D eigenvalue weighted by Crippen LogP contribution is 2.38. The van der Waals surface area contributed by atoms with Gasteiger partial charge in [0.2, 0.25) is 5.91 Å². The van der Waals surface area contributed by atoms with Crippen LogP contribution in [0.25, 0.3) is 0 Å². The Bertz CT molecular complexity index is 1360. The van der Waals surface area contributed by atoms with Crippen LogP contribution in [0.1, 0.15) is 57.1 Å². The van der Waals surface area contributed by atoms with Crippen LogP contribution in [0.2, 0.25) is 0 Å². The van der Waals surface area contributed by atoms with Crippen molar-refractivity contribution < 1.29 is 42.9 Å². The minimum absolute atomic E-state index is 0.0795. The summed E-state index contributed by atoms with van der Waals surface area (Å²) < 4.78 is 21.1. The zero-order valence-electron chi connectivity index (χ0n) is 26.4. The summed E-state index contributed by atoms with van der Waals surface area (Å²) in [6.07, 6.45) is 0.378. The van der Waals surface area contributed by atoms with E-state index in [1.807, 2.05) is 42.5 Å². The number of Topliss-reactive ketones (excluding diaryl/α,β-unsaturated/α-hetero) is 1. The van der Waals surface area contributed by atoms with Crippen molar-refractivity contribution in [2.24, 2.45) is 5.92 Å². The largest absolute Gasteiger partial charge is 0.497 e. The summed E-state index contributed by atoms with van der Waals surface area (Å²) in [5.41, 5.74) is 0.340. The van der Waals surface area contributed by atoms with Crippen molar-refractivity contribution in [1.82, 2.24) is 9.80 Å². The molecule has 0 saturated carbocycles. The Kier molecular flexibility index (Phi) is 11.2. The van der Waals surface area contributed by atoms with Crippen LogP contribution < -0.4 is 4.74 Å². The number of hydrogen-bond donors (Lipinski definition) is 0. The maximum atomic E-state index is 14.4. The number of hydrogen-bond acceptors (Lipinski definition) is 9. The summed E-state index contributed by atoms with van der Waals surface area (Å²) in [6.45, 7) is 3.53. The third kappa shape index (κ3) is 7.82. The van der Waals surface area contributed by atoms with Crippen molar-refractivity contribution in [2.45, 2.75) is 76.7 Å². The minimum Gasteiger partial charge on any atom is -0.497 e. The zero-order chi connectivity index (χ0) is 32.6. The number of nitrogens with zero attached hydrogens (tertiary/aromatic N) is 2. The monoisotopic (exact) mass is 622 g/mol. The molecule has 0 spiro atoms. The van der Waals surface area contributed by atoms with Gasteiger partial charge in [-0.15, -0.1) is 0 Å². The number of ketones is 1. The summed E-state index contributed by atoms with van der Waals surface area (Å²) in [6, 6.07) is 15.8. The van der Waals surface area contributed by atoms with E-state index >= 15 is 0 Å². The molecule has 0 radical (unpaired) electrons. The Morgan fingerprint density at radius 1 is 0.933 bits per heavy atom. The van der Waals surface area contributed by atoms with E-state index in [0.717, 1.165) is 11.1 Å². The highest BCUT2D eigenvalue weighted by Gasteiger charge is 2.53. The molecular formula is C34H42N2O9. The maximum Gasteiger partial charge on any atom is 0.410 e. The van der Waals surface area contributed by atoms with Gasteiger partial charge in [0, 0.05) is 32.9 Å². The van der Waals surface area contributed by atoms with Crippen LogP contribution in [-0.2, 0) is 46.4 Å². The fraction of sp³-hybridized carbons (Fsp3) is 0.500. The van der Waals surface area contributed by atoms with Crippen LogP contribution in [0.5, 0.6) is 5.75 Å². The Labute approximate surface area is 263 Å². The predicted octanol–water partition coefficient (Wildman–Crippen LogP) is 4.10. The number of carbonyl (C=O) groups is 5. The average molecular weight is 623 g/mol. The molecule has 2 aromatic carbocycles. The molecule has 1 unspecified atom stereocenters. The molecule has 4 rings (SSSR count). The van der Waals surface area contributed by atoms with E-state index in [9.17, 15) is 24.0 Å². The normalized spacial score (nSPS) is 20.7. The van der Waals surface area contributed by atoms with Crippen LogP contribution >= 0.6 is 0 Å². The van der Waals surface area contributed by atoms with Gasteiger partial charge in [0.05, 0.1) is 14.2 Å². The van der Waals surface area contributed by atoms with E-state index in [1.54, 1.807) is 31.1 Å². The van der Waals surface area contributed by atoms with Crippen molar-refractivity contribution >= 4 is 29.7 Å². The molecular weight excluding hydrogens is 580 g/mol. The zero-order valence-corrected chi connectivity index (χ0v) is 26.4. The van der Waals surface area contributed by atoms with Gasteiger partial charge in [0.15, 0.2) is 5.78 Å². The van der Waals surface area contributed by atoms with Crippen molar-refractivity contribution in [1.29, 1.82) is 0 Å². The number of rotatable bonds is 12. The molecule has 45 heavy (non-hydrogen) atoms. The molecule has 4 atom stereocenters. The number of methoxy groups -OCH3 is 2. The van der Waals surface area contributed by atoms with Gasteiger partial charge in [-0.05, 0) is 55.9 Å². The van der Waals surface area contributed by atoms with E-state index in [2.05, 4.69) is 0 Å². The number of ether oxygens (including phenoxy) is 4. The van der Waals surface area contributed by atoms with E-state index in [-0.39, 0.29) is 31.1 Å². The molecule has 2 saturated heterocycles. The van der Waals surface area contributed by atoms with Crippen LogP contribution in [0.4, 0.5) is 4.79 Å². The number of esters is 2. The first-order valence-electron chi connectivity index (χ1n) is 15.3. The Morgan fingerprint density at radius 3 is 2.29 bits per heavy atom. The van der Waals surface area contributed by atoms with Crippen molar-refractivity contribution in [3.8, 4) is 5.75 Å². The Balaban J connectivity index is 1.62. The predicted molar refractivity (Wildman–Crippen MR) is 163 cm³/mol. The summed E-state index contributed by atoms with van der Waals surface area (Å²) in [4.78, 5) is 69.5.